The Balaban J connectivity index is 2.31. The summed E-state index contributed by atoms with van der Waals surface area (Å²) < 4.78 is 5.20. The SMILES string of the molecule is CCOCCSCc1nc(N)nc(N)n1. The van der Waals surface area contributed by atoms with Gasteiger partial charge in [-0.3, -0.25) is 0 Å². The highest BCUT2D eigenvalue weighted by atomic mass is 32.2. The van der Waals surface area contributed by atoms with Crippen LogP contribution in [0.4, 0.5) is 11.9 Å². The van der Waals surface area contributed by atoms with Crippen molar-refractivity contribution in [3.8, 4) is 0 Å². The van der Waals surface area contributed by atoms with E-state index in [0.29, 0.717) is 11.6 Å². The summed E-state index contributed by atoms with van der Waals surface area (Å²) in [4.78, 5) is 11.6. The Bertz CT molecular complexity index is 289. The minimum Gasteiger partial charge on any atom is -0.381 e. The first-order chi connectivity index (χ1) is 7.22. The summed E-state index contributed by atoms with van der Waals surface area (Å²) in [6.45, 7) is 3.45. The second-order valence-corrected chi connectivity index (χ2v) is 3.82. The minimum atomic E-state index is 0.169. The largest absolute Gasteiger partial charge is 0.381 e. The lowest BCUT2D eigenvalue weighted by molar-refractivity contribution is 0.164. The summed E-state index contributed by atoms with van der Waals surface area (Å²) in [6.07, 6.45) is 0. The van der Waals surface area contributed by atoms with Gasteiger partial charge in [0.2, 0.25) is 11.9 Å². The molecule has 1 aromatic heterocycles. The monoisotopic (exact) mass is 229 g/mol. The van der Waals surface area contributed by atoms with Crippen molar-refractivity contribution in [1.29, 1.82) is 0 Å². The molecule has 0 aliphatic heterocycles. The topological polar surface area (TPSA) is 99.9 Å². The van der Waals surface area contributed by atoms with Gasteiger partial charge in [0, 0.05) is 12.4 Å². The molecule has 0 unspecified atom stereocenters. The first-order valence-corrected chi connectivity index (χ1v) is 5.79. The quantitative estimate of drug-likeness (QED) is 0.677. The number of nitrogens with two attached hydrogens (primary N) is 2. The lowest BCUT2D eigenvalue weighted by Gasteiger charge is -2.02. The van der Waals surface area contributed by atoms with Crippen molar-refractivity contribution in [2.24, 2.45) is 0 Å². The van der Waals surface area contributed by atoms with Gasteiger partial charge in [-0.2, -0.15) is 26.7 Å². The van der Waals surface area contributed by atoms with E-state index >= 15 is 0 Å². The van der Waals surface area contributed by atoms with Gasteiger partial charge in [0.15, 0.2) is 0 Å². The summed E-state index contributed by atoms with van der Waals surface area (Å²) in [5, 5.41) is 0. The summed E-state index contributed by atoms with van der Waals surface area (Å²) >= 11 is 1.67. The Morgan fingerprint density at radius 1 is 1.20 bits per heavy atom. The van der Waals surface area contributed by atoms with Crippen LogP contribution in [0.3, 0.4) is 0 Å². The number of hydrogen-bond acceptors (Lipinski definition) is 7. The smallest absolute Gasteiger partial charge is 0.225 e. The molecule has 1 aromatic rings. The predicted octanol–water partition coefficient (Wildman–Crippen LogP) is 0.306. The number of aromatic nitrogens is 3. The highest BCUT2D eigenvalue weighted by Gasteiger charge is 2.01. The fourth-order valence-electron chi connectivity index (χ4n) is 0.947. The second-order valence-electron chi connectivity index (χ2n) is 2.72. The van der Waals surface area contributed by atoms with Crippen LogP contribution in [-0.4, -0.2) is 33.9 Å². The first-order valence-electron chi connectivity index (χ1n) is 4.63. The van der Waals surface area contributed by atoms with Gasteiger partial charge in [-0.1, -0.05) is 0 Å². The van der Waals surface area contributed by atoms with Gasteiger partial charge in [-0.15, -0.1) is 0 Å². The molecule has 0 spiro atoms. The van der Waals surface area contributed by atoms with E-state index in [9.17, 15) is 0 Å². The van der Waals surface area contributed by atoms with Crippen molar-refractivity contribution in [3.63, 3.8) is 0 Å². The van der Waals surface area contributed by atoms with Gasteiger partial charge in [0.25, 0.3) is 0 Å². The highest BCUT2D eigenvalue weighted by molar-refractivity contribution is 7.98. The van der Waals surface area contributed by atoms with E-state index in [2.05, 4.69) is 15.0 Å². The third kappa shape index (κ3) is 4.80. The molecule has 0 amide bonds. The van der Waals surface area contributed by atoms with E-state index in [4.69, 9.17) is 16.2 Å². The Morgan fingerprint density at radius 3 is 2.47 bits per heavy atom. The Kier molecular flexibility index (Phi) is 5.13. The van der Waals surface area contributed by atoms with Gasteiger partial charge >= 0.3 is 0 Å². The molecular formula is C8H15N5OS. The average Bonchev–Trinajstić information content (AvgIpc) is 2.16. The fourth-order valence-corrected chi connectivity index (χ4v) is 1.64. The van der Waals surface area contributed by atoms with Crippen molar-refractivity contribution in [1.82, 2.24) is 15.0 Å². The van der Waals surface area contributed by atoms with Crippen molar-refractivity contribution >= 4 is 23.7 Å². The normalized spacial score (nSPS) is 10.5. The lowest BCUT2D eigenvalue weighted by Crippen LogP contribution is -2.06. The first kappa shape index (κ1) is 12.0. The van der Waals surface area contributed by atoms with Crippen molar-refractivity contribution in [2.75, 3.05) is 30.4 Å². The molecule has 0 saturated heterocycles. The molecule has 1 heterocycles. The zero-order chi connectivity index (χ0) is 11.1. The van der Waals surface area contributed by atoms with Crippen molar-refractivity contribution in [2.45, 2.75) is 12.7 Å². The third-order valence-electron chi connectivity index (χ3n) is 1.52. The van der Waals surface area contributed by atoms with E-state index in [0.717, 1.165) is 19.0 Å². The molecule has 0 saturated carbocycles. The molecular weight excluding hydrogens is 214 g/mol. The van der Waals surface area contributed by atoms with Crippen LogP contribution in [0.15, 0.2) is 0 Å². The number of hydrogen-bond donors (Lipinski definition) is 2. The molecule has 0 atom stereocenters. The zero-order valence-electron chi connectivity index (χ0n) is 8.64. The van der Waals surface area contributed by atoms with Crippen LogP contribution in [0.25, 0.3) is 0 Å². The van der Waals surface area contributed by atoms with Crippen LogP contribution < -0.4 is 11.5 Å². The maximum absolute atomic E-state index is 5.44. The van der Waals surface area contributed by atoms with E-state index in [1.165, 1.54) is 0 Å². The summed E-state index contributed by atoms with van der Waals surface area (Å²) in [5.41, 5.74) is 10.9. The fraction of sp³-hybridized carbons (Fsp3) is 0.625. The van der Waals surface area contributed by atoms with Crippen molar-refractivity contribution in [3.05, 3.63) is 5.82 Å². The molecule has 0 aliphatic rings. The molecule has 4 N–H and O–H groups in total. The lowest BCUT2D eigenvalue weighted by atomic mass is 10.7. The van der Waals surface area contributed by atoms with Gasteiger partial charge in [0.1, 0.15) is 5.82 Å². The number of rotatable bonds is 6. The molecule has 0 aliphatic carbocycles. The molecule has 0 fully saturated rings. The minimum absolute atomic E-state index is 0.169. The van der Waals surface area contributed by atoms with E-state index in [1.54, 1.807) is 11.8 Å². The van der Waals surface area contributed by atoms with Gasteiger partial charge in [-0.25, -0.2) is 0 Å². The third-order valence-corrected chi connectivity index (χ3v) is 2.44. The molecule has 15 heavy (non-hydrogen) atoms. The maximum Gasteiger partial charge on any atom is 0.225 e. The second kappa shape index (κ2) is 6.41. The summed E-state index contributed by atoms with van der Waals surface area (Å²) in [7, 11) is 0. The molecule has 7 heteroatoms. The average molecular weight is 229 g/mol. The number of nitrogen functional groups attached to an aromatic ring is 2. The summed E-state index contributed by atoms with van der Waals surface area (Å²) in [5.74, 6) is 2.52. The molecule has 84 valence electrons. The van der Waals surface area contributed by atoms with Crippen molar-refractivity contribution < 1.29 is 4.74 Å². The molecule has 0 bridgehead atoms. The van der Waals surface area contributed by atoms with Gasteiger partial charge in [0.05, 0.1) is 12.4 Å². The van der Waals surface area contributed by atoms with E-state index < -0.39 is 0 Å². The molecule has 1 rings (SSSR count). The predicted molar refractivity (Wildman–Crippen MR) is 61.3 cm³/mol. The number of ether oxygens (including phenoxy) is 1. The van der Waals surface area contributed by atoms with Crippen LogP contribution >= 0.6 is 11.8 Å². The van der Waals surface area contributed by atoms with Crippen LogP contribution in [0.5, 0.6) is 0 Å². The summed E-state index contributed by atoms with van der Waals surface area (Å²) in [6, 6.07) is 0. The standard InChI is InChI=1S/C8H15N5OS/c1-2-14-3-4-15-5-6-11-7(9)13-8(10)12-6/h2-5H2,1H3,(H4,9,10,11,12,13). The number of anilines is 2. The van der Waals surface area contributed by atoms with Gasteiger partial charge in [-0.05, 0) is 6.92 Å². The van der Waals surface area contributed by atoms with Crippen LogP contribution in [0.1, 0.15) is 12.7 Å². The molecule has 0 radical (unpaired) electrons. The zero-order valence-corrected chi connectivity index (χ0v) is 9.46. The number of nitrogens with zero attached hydrogens (tertiary/aromatic N) is 3. The maximum atomic E-state index is 5.44. The van der Waals surface area contributed by atoms with E-state index in [-0.39, 0.29) is 11.9 Å². The molecule has 0 aromatic carbocycles. The highest BCUT2D eigenvalue weighted by Crippen LogP contribution is 2.09. The Labute approximate surface area is 92.8 Å². The van der Waals surface area contributed by atoms with Gasteiger partial charge < -0.3 is 16.2 Å². The Hall–Kier alpha value is -1.08. The molecule has 6 nitrogen and oxygen atoms in total. The van der Waals surface area contributed by atoms with Crippen LogP contribution in [0, 0.1) is 0 Å². The Morgan fingerprint density at radius 2 is 1.87 bits per heavy atom. The number of thioether (sulfide) groups is 1. The van der Waals surface area contributed by atoms with Crippen LogP contribution in [0.2, 0.25) is 0 Å². The van der Waals surface area contributed by atoms with Crippen LogP contribution in [-0.2, 0) is 10.5 Å². The van der Waals surface area contributed by atoms with E-state index in [1.807, 2.05) is 6.92 Å².